The van der Waals surface area contributed by atoms with Crippen LogP contribution in [0.4, 0.5) is 0 Å². The number of hydrogen-bond donors (Lipinski definition) is 1. The Bertz CT molecular complexity index is 1530. The molecule has 0 radical (unpaired) electrons. The number of carbonyl (C=O) groups is 7. The van der Waals surface area contributed by atoms with Crippen LogP contribution in [0.15, 0.2) is 53.9 Å². The van der Waals surface area contributed by atoms with Gasteiger partial charge in [-0.25, -0.2) is 9.59 Å². The number of aromatic nitrogens is 1. The van der Waals surface area contributed by atoms with Crippen LogP contribution in [0.3, 0.4) is 0 Å². The topological polar surface area (TPSA) is 177 Å². The molecule has 15 heteroatoms. The van der Waals surface area contributed by atoms with Crippen molar-refractivity contribution >= 4 is 53.7 Å². The lowest BCUT2D eigenvalue weighted by molar-refractivity contribution is -0.156. The second-order valence-electron chi connectivity index (χ2n) is 9.79. The second kappa shape index (κ2) is 14.7. The highest BCUT2D eigenvalue weighted by molar-refractivity contribution is 8.00. The quantitative estimate of drug-likeness (QED) is 0.0838. The Morgan fingerprint density at radius 1 is 1.04 bits per heavy atom. The van der Waals surface area contributed by atoms with Crippen LogP contribution in [0.25, 0.3) is 0 Å². The van der Waals surface area contributed by atoms with E-state index in [0.717, 1.165) is 4.57 Å². The number of amides is 2. The predicted molar refractivity (Wildman–Crippen MR) is 156 cm³/mol. The molecule has 0 aliphatic carbocycles. The van der Waals surface area contributed by atoms with Crippen LogP contribution < -0.4 is 10.1 Å². The summed E-state index contributed by atoms with van der Waals surface area (Å²) in [6.45, 7) is 3.98. The van der Waals surface area contributed by atoms with Gasteiger partial charge in [0.2, 0.25) is 6.04 Å². The molecule has 2 aliphatic rings. The minimum Gasteiger partial charge on any atom is -0.464 e. The SMILES string of the molecule is CCOC(=O)C(C(=O)NC1C(=O)N2C(C(=O)OCc3ccc(OC(=O)CC)cc3)=C(COC(C)=O)CSC12)n1cccc1C=O. The smallest absolute Gasteiger partial charge is 0.355 e. The van der Waals surface area contributed by atoms with E-state index in [1.54, 1.807) is 38.1 Å². The van der Waals surface area contributed by atoms with Gasteiger partial charge < -0.3 is 28.8 Å². The Balaban J connectivity index is 1.51. The molecule has 2 aromatic rings. The Labute approximate surface area is 262 Å². The third-order valence-electron chi connectivity index (χ3n) is 6.77. The molecule has 2 aliphatic heterocycles. The normalized spacial score (nSPS) is 17.8. The van der Waals surface area contributed by atoms with E-state index in [-0.39, 0.29) is 43.4 Å². The molecule has 3 heterocycles. The van der Waals surface area contributed by atoms with Gasteiger partial charge in [-0.2, -0.15) is 0 Å². The van der Waals surface area contributed by atoms with Crippen molar-refractivity contribution in [1.29, 1.82) is 0 Å². The number of nitrogens with zero attached hydrogens (tertiary/aromatic N) is 2. The van der Waals surface area contributed by atoms with E-state index in [9.17, 15) is 33.6 Å². The molecule has 45 heavy (non-hydrogen) atoms. The highest BCUT2D eigenvalue weighted by atomic mass is 32.2. The predicted octanol–water partition coefficient (Wildman–Crippen LogP) is 1.68. The lowest BCUT2D eigenvalue weighted by Gasteiger charge is -2.49. The maximum atomic E-state index is 13.4. The van der Waals surface area contributed by atoms with Gasteiger partial charge in [0, 0.05) is 30.9 Å². The van der Waals surface area contributed by atoms with Crippen molar-refractivity contribution in [2.75, 3.05) is 19.0 Å². The molecule has 238 valence electrons. The zero-order valence-corrected chi connectivity index (χ0v) is 25.5. The summed E-state index contributed by atoms with van der Waals surface area (Å²) in [4.78, 5) is 88.5. The number of hydrogen-bond acceptors (Lipinski definition) is 12. The van der Waals surface area contributed by atoms with E-state index in [0.29, 0.717) is 23.2 Å². The molecule has 0 saturated carbocycles. The molecule has 1 saturated heterocycles. The van der Waals surface area contributed by atoms with Crippen molar-refractivity contribution < 1.29 is 52.5 Å². The molecular formula is C30H31N3O11S. The third kappa shape index (κ3) is 7.42. The van der Waals surface area contributed by atoms with Crippen molar-refractivity contribution in [2.45, 2.75) is 51.3 Å². The lowest BCUT2D eigenvalue weighted by Crippen LogP contribution is -2.71. The Hall–Kier alpha value is -4.92. The van der Waals surface area contributed by atoms with Gasteiger partial charge in [-0.15, -0.1) is 11.8 Å². The maximum absolute atomic E-state index is 13.4. The van der Waals surface area contributed by atoms with Gasteiger partial charge in [0.1, 0.15) is 36.1 Å². The molecule has 1 aromatic heterocycles. The second-order valence-corrected chi connectivity index (χ2v) is 10.9. The zero-order valence-electron chi connectivity index (χ0n) is 24.7. The van der Waals surface area contributed by atoms with Crippen molar-refractivity contribution in [3.8, 4) is 5.75 Å². The summed E-state index contributed by atoms with van der Waals surface area (Å²) in [6.07, 6.45) is 2.07. The molecule has 0 bridgehead atoms. The first kappa shape index (κ1) is 33.0. The molecule has 3 unspecified atom stereocenters. The van der Waals surface area contributed by atoms with E-state index < -0.39 is 53.1 Å². The summed E-state index contributed by atoms with van der Waals surface area (Å²) < 4.78 is 21.9. The van der Waals surface area contributed by atoms with Crippen molar-refractivity contribution in [2.24, 2.45) is 0 Å². The third-order valence-corrected chi connectivity index (χ3v) is 8.11. The first-order valence-electron chi connectivity index (χ1n) is 13.9. The van der Waals surface area contributed by atoms with Gasteiger partial charge in [0.15, 0.2) is 6.29 Å². The van der Waals surface area contributed by atoms with Gasteiger partial charge in [0.25, 0.3) is 11.8 Å². The minimum atomic E-state index is -1.58. The van der Waals surface area contributed by atoms with Gasteiger partial charge in [0.05, 0.1) is 12.3 Å². The van der Waals surface area contributed by atoms with Crippen molar-refractivity contribution in [3.63, 3.8) is 0 Å². The summed E-state index contributed by atoms with van der Waals surface area (Å²) in [6, 6.07) is 6.54. The first-order chi connectivity index (χ1) is 21.6. The molecule has 14 nitrogen and oxygen atoms in total. The molecule has 0 spiro atoms. The molecular weight excluding hydrogens is 610 g/mol. The van der Waals surface area contributed by atoms with Crippen molar-refractivity contribution in [1.82, 2.24) is 14.8 Å². The zero-order chi connectivity index (χ0) is 32.7. The average molecular weight is 642 g/mol. The number of carbonyl (C=O) groups excluding carboxylic acids is 7. The average Bonchev–Trinajstić information content (AvgIpc) is 3.49. The summed E-state index contributed by atoms with van der Waals surface area (Å²) in [5, 5.41) is 1.83. The van der Waals surface area contributed by atoms with Gasteiger partial charge in [-0.3, -0.25) is 28.9 Å². The maximum Gasteiger partial charge on any atom is 0.355 e. The van der Waals surface area contributed by atoms with E-state index in [4.69, 9.17) is 18.9 Å². The van der Waals surface area contributed by atoms with E-state index >= 15 is 0 Å². The van der Waals surface area contributed by atoms with Crippen LogP contribution in [0.2, 0.25) is 0 Å². The number of β-lactam (4-membered cyclic amide) rings is 1. The Morgan fingerprint density at radius 2 is 1.78 bits per heavy atom. The van der Waals surface area contributed by atoms with Gasteiger partial charge >= 0.3 is 23.9 Å². The highest BCUT2D eigenvalue weighted by Gasteiger charge is 2.55. The first-order valence-corrected chi connectivity index (χ1v) is 15.0. The highest BCUT2D eigenvalue weighted by Crippen LogP contribution is 2.41. The number of nitrogens with one attached hydrogen (secondary N) is 1. The molecule has 2 amide bonds. The van der Waals surface area contributed by atoms with E-state index in [1.165, 1.54) is 41.9 Å². The summed E-state index contributed by atoms with van der Waals surface area (Å²) in [5.41, 5.74) is 0.855. The monoisotopic (exact) mass is 641 g/mol. The summed E-state index contributed by atoms with van der Waals surface area (Å²) >= 11 is 1.22. The largest absolute Gasteiger partial charge is 0.464 e. The molecule has 3 atom stereocenters. The van der Waals surface area contributed by atoms with Crippen LogP contribution in [0.5, 0.6) is 5.75 Å². The molecule has 1 fully saturated rings. The molecule has 4 rings (SSSR count). The van der Waals surface area contributed by atoms with E-state index in [2.05, 4.69) is 5.32 Å². The summed E-state index contributed by atoms with van der Waals surface area (Å²) in [7, 11) is 0. The fraction of sp³-hybridized carbons (Fsp3) is 0.367. The Morgan fingerprint density at radius 3 is 2.42 bits per heavy atom. The number of aldehydes is 1. The standard InChI is InChI=1S/C30H31N3O11S/c1-4-22(36)44-21-10-8-18(9-11-21)14-43-29(39)24-19(15-42-17(3)35)16-45-28-23(27(38)33(24)28)31-26(37)25(30(40)41-5-2)32-12-6-7-20(32)13-34/h6-13,23,25,28H,4-5,14-16H2,1-3H3,(H,31,37). The number of thioether (sulfide) groups is 1. The fourth-order valence-corrected chi connectivity index (χ4v) is 5.92. The lowest BCUT2D eigenvalue weighted by atomic mass is 10.0. The van der Waals surface area contributed by atoms with Gasteiger partial charge in [-0.05, 0) is 36.8 Å². The van der Waals surface area contributed by atoms with Crippen LogP contribution in [-0.4, -0.2) is 81.8 Å². The summed E-state index contributed by atoms with van der Waals surface area (Å²) in [5.74, 6) is -3.78. The number of fused-ring (bicyclic) bond motifs is 1. The van der Waals surface area contributed by atoms with Crippen LogP contribution in [0, 0.1) is 0 Å². The van der Waals surface area contributed by atoms with Crippen molar-refractivity contribution in [3.05, 3.63) is 65.1 Å². The van der Waals surface area contributed by atoms with Crippen LogP contribution in [0.1, 0.15) is 49.3 Å². The number of rotatable bonds is 13. The number of benzene rings is 1. The van der Waals surface area contributed by atoms with E-state index in [1.807, 2.05) is 0 Å². The van der Waals surface area contributed by atoms with Crippen LogP contribution >= 0.6 is 11.8 Å². The molecule has 1 N–H and O–H groups in total. The minimum absolute atomic E-state index is 0.0211. The van der Waals surface area contributed by atoms with Gasteiger partial charge in [-0.1, -0.05) is 19.1 Å². The van der Waals surface area contributed by atoms with Crippen LogP contribution in [-0.2, 0) is 49.6 Å². The fourth-order valence-electron chi connectivity index (χ4n) is 4.59. The number of ether oxygens (including phenoxy) is 4. The number of esters is 4. The molecule has 1 aromatic carbocycles. The Kier molecular flexibility index (Phi) is 10.8.